The van der Waals surface area contributed by atoms with E-state index in [1.54, 1.807) is 20.1 Å². The Morgan fingerprint density at radius 1 is 0.941 bits per heavy atom. The molecule has 1 aliphatic rings. The van der Waals surface area contributed by atoms with Gasteiger partial charge in [-0.1, -0.05) is 64.9 Å². The van der Waals surface area contributed by atoms with Gasteiger partial charge in [-0.2, -0.15) is 5.26 Å². The Kier molecular flexibility index (Phi) is 11.4. The third-order valence-corrected chi connectivity index (χ3v) is 6.06. The standard InChI is InChI=1S/C28H38N2O4/c1-5-7-9-10-11-13-17-34-25-15-14-22(19-26(25)33-4)18-23-21(3)24(20-29)28(32)30(27(23)31)16-12-8-6-2/h14-15,18-19H,5-13,16-17H2,1-4H3/b23-18+. The lowest BCUT2D eigenvalue weighted by molar-refractivity contribution is -0.140. The summed E-state index contributed by atoms with van der Waals surface area (Å²) in [5.41, 5.74) is 1.53. The number of carbonyl (C=O) groups is 2. The van der Waals surface area contributed by atoms with Crippen LogP contribution in [0.15, 0.2) is 34.9 Å². The molecular formula is C28H38N2O4. The zero-order valence-corrected chi connectivity index (χ0v) is 21.1. The maximum Gasteiger partial charge on any atom is 0.271 e. The Labute approximate surface area is 204 Å². The van der Waals surface area contributed by atoms with Gasteiger partial charge in [-0.3, -0.25) is 14.5 Å². The number of methoxy groups -OCH3 is 1. The number of hydrogen-bond donors (Lipinski definition) is 0. The van der Waals surface area contributed by atoms with Gasteiger partial charge < -0.3 is 9.47 Å². The summed E-state index contributed by atoms with van der Waals surface area (Å²) in [5.74, 6) is 0.380. The summed E-state index contributed by atoms with van der Waals surface area (Å²) >= 11 is 0. The van der Waals surface area contributed by atoms with Crippen LogP contribution in [-0.2, 0) is 9.59 Å². The quantitative estimate of drug-likeness (QED) is 0.185. The minimum Gasteiger partial charge on any atom is -0.493 e. The van der Waals surface area contributed by atoms with Gasteiger partial charge >= 0.3 is 0 Å². The molecule has 0 aromatic heterocycles. The lowest BCUT2D eigenvalue weighted by Gasteiger charge is -2.27. The van der Waals surface area contributed by atoms with Crippen molar-refractivity contribution in [2.24, 2.45) is 0 Å². The third-order valence-electron chi connectivity index (χ3n) is 6.06. The molecule has 6 nitrogen and oxygen atoms in total. The van der Waals surface area contributed by atoms with Crippen molar-refractivity contribution in [2.45, 2.75) is 78.6 Å². The number of nitriles is 1. The molecule has 0 spiro atoms. The molecule has 0 N–H and O–H groups in total. The van der Waals surface area contributed by atoms with Crippen LogP contribution in [0, 0.1) is 11.3 Å². The number of amides is 2. The van der Waals surface area contributed by atoms with Crippen LogP contribution in [0.1, 0.15) is 84.1 Å². The van der Waals surface area contributed by atoms with E-state index >= 15 is 0 Å². The van der Waals surface area contributed by atoms with Crippen molar-refractivity contribution in [3.63, 3.8) is 0 Å². The van der Waals surface area contributed by atoms with Crippen molar-refractivity contribution in [3.05, 3.63) is 40.5 Å². The number of unbranched alkanes of at least 4 members (excludes halogenated alkanes) is 7. The predicted octanol–water partition coefficient (Wildman–Crippen LogP) is 6.22. The van der Waals surface area contributed by atoms with E-state index in [2.05, 4.69) is 13.8 Å². The largest absolute Gasteiger partial charge is 0.493 e. The first-order valence-corrected chi connectivity index (χ1v) is 12.5. The van der Waals surface area contributed by atoms with E-state index in [-0.39, 0.29) is 11.5 Å². The van der Waals surface area contributed by atoms with E-state index in [0.717, 1.165) is 37.7 Å². The molecule has 0 saturated carbocycles. The molecule has 2 amide bonds. The highest BCUT2D eigenvalue weighted by Crippen LogP contribution is 2.32. The summed E-state index contributed by atoms with van der Waals surface area (Å²) in [6, 6.07) is 7.50. The van der Waals surface area contributed by atoms with Crippen LogP contribution in [0.4, 0.5) is 0 Å². The Balaban J connectivity index is 2.18. The van der Waals surface area contributed by atoms with E-state index in [9.17, 15) is 14.9 Å². The number of imide groups is 1. The van der Waals surface area contributed by atoms with E-state index in [4.69, 9.17) is 9.47 Å². The first kappa shape index (κ1) is 27.2. The molecule has 0 unspecified atom stereocenters. The van der Waals surface area contributed by atoms with Crippen LogP contribution >= 0.6 is 0 Å². The average Bonchev–Trinajstić information content (AvgIpc) is 2.84. The van der Waals surface area contributed by atoms with Gasteiger partial charge in [0.25, 0.3) is 11.8 Å². The van der Waals surface area contributed by atoms with E-state index in [1.165, 1.54) is 30.6 Å². The molecule has 0 bridgehead atoms. The zero-order chi connectivity index (χ0) is 24.9. The first-order valence-electron chi connectivity index (χ1n) is 12.5. The van der Waals surface area contributed by atoms with Crippen molar-refractivity contribution >= 4 is 17.9 Å². The molecule has 184 valence electrons. The fourth-order valence-corrected chi connectivity index (χ4v) is 3.98. The maximum absolute atomic E-state index is 13.1. The van der Waals surface area contributed by atoms with Crippen LogP contribution in [0.25, 0.3) is 6.08 Å². The van der Waals surface area contributed by atoms with Crippen molar-refractivity contribution in [1.29, 1.82) is 5.26 Å². The fourth-order valence-electron chi connectivity index (χ4n) is 3.98. The Bertz CT molecular complexity index is 956. The van der Waals surface area contributed by atoms with E-state index in [0.29, 0.717) is 35.8 Å². The third kappa shape index (κ3) is 7.21. The predicted molar refractivity (Wildman–Crippen MR) is 134 cm³/mol. The Morgan fingerprint density at radius 2 is 1.62 bits per heavy atom. The molecule has 1 aromatic rings. The van der Waals surface area contributed by atoms with Crippen molar-refractivity contribution in [2.75, 3.05) is 20.3 Å². The summed E-state index contributed by atoms with van der Waals surface area (Å²) in [7, 11) is 1.59. The summed E-state index contributed by atoms with van der Waals surface area (Å²) < 4.78 is 11.4. The van der Waals surface area contributed by atoms with Gasteiger partial charge in [0, 0.05) is 12.1 Å². The molecule has 0 radical (unpaired) electrons. The zero-order valence-electron chi connectivity index (χ0n) is 21.1. The number of benzene rings is 1. The maximum atomic E-state index is 13.1. The van der Waals surface area contributed by atoms with E-state index < -0.39 is 5.91 Å². The molecule has 2 rings (SSSR count). The first-order chi connectivity index (χ1) is 16.5. The normalized spacial score (nSPS) is 15.1. The molecule has 6 heteroatoms. The minimum atomic E-state index is -0.505. The number of ether oxygens (including phenoxy) is 2. The second-order valence-electron chi connectivity index (χ2n) is 8.67. The van der Waals surface area contributed by atoms with Crippen LogP contribution in [-0.4, -0.2) is 37.0 Å². The molecular weight excluding hydrogens is 428 g/mol. The van der Waals surface area contributed by atoms with E-state index in [1.807, 2.05) is 24.3 Å². The monoisotopic (exact) mass is 466 g/mol. The van der Waals surface area contributed by atoms with Crippen LogP contribution in [0.2, 0.25) is 0 Å². The molecule has 0 saturated heterocycles. The lowest BCUT2D eigenvalue weighted by Crippen LogP contribution is -2.43. The minimum absolute atomic E-state index is 0.0215. The number of rotatable bonds is 14. The summed E-state index contributed by atoms with van der Waals surface area (Å²) in [4.78, 5) is 27.0. The van der Waals surface area contributed by atoms with Crippen molar-refractivity contribution in [1.82, 2.24) is 4.90 Å². The van der Waals surface area contributed by atoms with Gasteiger partial charge in [0.2, 0.25) is 0 Å². The molecule has 0 atom stereocenters. The molecule has 1 aromatic carbocycles. The van der Waals surface area contributed by atoms with Gasteiger partial charge in [0.1, 0.15) is 11.6 Å². The molecule has 1 aliphatic heterocycles. The molecule has 1 heterocycles. The van der Waals surface area contributed by atoms with Crippen molar-refractivity contribution in [3.8, 4) is 17.6 Å². The Morgan fingerprint density at radius 3 is 2.29 bits per heavy atom. The van der Waals surface area contributed by atoms with Gasteiger partial charge in [-0.05, 0) is 49.1 Å². The highest BCUT2D eigenvalue weighted by molar-refractivity contribution is 6.19. The van der Waals surface area contributed by atoms with Crippen molar-refractivity contribution < 1.29 is 19.1 Å². The molecule has 34 heavy (non-hydrogen) atoms. The topological polar surface area (TPSA) is 79.6 Å². The second-order valence-corrected chi connectivity index (χ2v) is 8.67. The summed E-state index contributed by atoms with van der Waals surface area (Å²) in [5, 5.41) is 9.54. The van der Waals surface area contributed by atoms with Gasteiger partial charge in [0.05, 0.1) is 13.7 Å². The van der Waals surface area contributed by atoms with Gasteiger partial charge in [0.15, 0.2) is 11.5 Å². The highest BCUT2D eigenvalue weighted by Gasteiger charge is 2.35. The average molecular weight is 467 g/mol. The highest BCUT2D eigenvalue weighted by atomic mass is 16.5. The number of nitrogens with zero attached hydrogens (tertiary/aromatic N) is 2. The lowest BCUT2D eigenvalue weighted by atomic mass is 9.93. The molecule has 0 fully saturated rings. The van der Waals surface area contributed by atoms with Crippen LogP contribution < -0.4 is 9.47 Å². The summed E-state index contributed by atoms with van der Waals surface area (Å²) in [6.07, 6.45) is 11.5. The second kappa shape index (κ2) is 14.2. The number of hydrogen-bond acceptors (Lipinski definition) is 5. The summed E-state index contributed by atoms with van der Waals surface area (Å²) in [6.45, 7) is 6.87. The molecule has 0 aliphatic carbocycles. The fraction of sp³-hybridized carbons (Fsp3) is 0.536. The SMILES string of the molecule is CCCCCCCCOc1ccc(/C=C2/C(=O)N(CCCCC)C(=O)C(C#N)=C2C)cc1OC. The van der Waals surface area contributed by atoms with Gasteiger partial charge in [-0.25, -0.2) is 0 Å². The van der Waals surface area contributed by atoms with Crippen LogP contribution in [0.3, 0.4) is 0 Å². The number of carbonyl (C=O) groups excluding carboxylic acids is 2. The smallest absolute Gasteiger partial charge is 0.271 e. The van der Waals surface area contributed by atoms with Gasteiger partial charge in [-0.15, -0.1) is 0 Å². The van der Waals surface area contributed by atoms with Crippen LogP contribution in [0.5, 0.6) is 11.5 Å². The Hall–Kier alpha value is -3.07.